The number of hydrazone groups is 1. The number of morpholine rings is 1. The van der Waals surface area contributed by atoms with Crippen LogP contribution in [0.1, 0.15) is 15.2 Å². The van der Waals surface area contributed by atoms with Crippen LogP contribution in [-0.4, -0.2) is 43.5 Å². The van der Waals surface area contributed by atoms with Gasteiger partial charge in [0.15, 0.2) is 0 Å². The number of aromatic hydroxyl groups is 1. The molecule has 0 radical (unpaired) electrons. The number of hydrogen-bond acceptors (Lipinski definition) is 6. The summed E-state index contributed by atoms with van der Waals surface area (Å²) in [5, 5.41) is 17.1. The summed E-state index contributed by atoms with van der Waals surface area (Å²) < 4.78 is 5.37. The van der Waals surface area contributed by atoms with E-state index in [1.807, 2.05) is 36.4 Å². The predicted octanol–water partition coefficient (Wildman–Crippen LogP) is 3.21. The number of anilines is 1. The van der Waals surface area contributed by atoms with Crippen molar-refractivity contribution in [1.29, 1.82) is 0 Å². The van der Waals surface area contributed by atoms with Gasteiger partial charge in [0, 0.05) is 18.0 Å². The van der Waals surface area contributed by atoms with Crippen LogP contribution in [0.3, 0.4) is 0 Å². The monoisotopic (exact) mass is 381 g/mol. The lowest BCUT2D eigenvalue weighted by Gasteiger charge is -2.27. The van der Waals surface area contributed by atoms with Crippen LogP contribution in [0.2, 0.25) is 0 Å². The van der Waals surface area contributed by atoms with Gasteiger partial charge < -0.3 is 14.7 Å². The molecule has 1 aliphatic heterocycles. The van der Waals surface area contributed by atoms with E-state index in [0.717, 1.165) is 42.0 Å². The Bertz CT molecular complexity index is 993. The van der Waals surface area contributed by atoms with Crippen molar-refractivity contribution in [3.63, 3.8) is 0 Å². The van der Waals surface area contributed by atoms with E-state index >= 15 is 0 Å². The topological polar surface area (TPSA) is 74.2 Å². The summed E-state index contributed by atoms with van der Waals surface area (Å²) in [6.45, 7) is 3.25. The first-order valence-corrected chi connectivity index (χ1v) is 9.50. The number of hydrogen-bond donors (Lipinski definition) is 2. The minimum atomic E-state index is -0.445. The summed E-state index contributed by atoms with van der Waals surface area (Å²) in [7, 11) is 0. The van der Waals surface area contributed by atoms with Crippen LogP contribution in [0, 0.1) is 0 Å². The van der Waals surface area contributed by atoms with Crippen LogP contribution in [-0.2, 0) is 4.74 Å². The molecule has 0 atom stereocenters. The first kappa shape index (κ1) is 17.5. The smallest absolute Gasteiger partial charge is 0.275 e. The number of amides is 1. The molecule has 6 nitrogen and oxygen atoms in total. The van der Waals surface area contributed by atoms with Crippen LogP contribution >= 0.6 is 11.3 Å². The van der Waals surface area contributed by atoms with Crippen LogP contribution in [0.25, 0.3) is 10.8 Å². The minimum absolute atomic E-state index is 0.0628. The highest BCUT2D eigenvalue weighted by Gasteiger charge is 2.13. The van der Waals surface area contributed by atoms with Crippen LogP contribution in [0.15, 0.2) is 53.6 Å². The number of benzene rings is 2. The molecule has 3 aromatic rings. The molecule has 27 heavy (non-hydrogen) atoms. The Balaban J connectivity index is 1.43. The molecule has 2 heterocycles. The van der Waals surface area contributed by atoms with Gasteiger partial charge in [0.25, 0.3) is 5.91 Å². The van der Waals surface area contributed by atoms with Gasteiger partial charge in [-0.25, -0.2) is 5.43 Å². The molecule has 1 aromatic heterocycles. The Morgan fingerprint density at radius 3 is 2.67 bits per heavy atom. The van der Waals surface area contributed by atoms with E-state index in [0.29, 0.717) is 0 Å². The Hall–Kier alpha value is -2.90. The van der Waals surface area contributed by atoms with Gasteiger partial charge in [-0.2, -0.15) is 5.10 Å². The highest BCUT2D eigenvalue weighted by atomic mass is 32.1. The number of nitrogens with one attached hydrogen (secondary N) is 1. The number of phenols is 1. The molecule has 0 saturated carbocycles. The van der Waals surface area contributed by atoms with E-state index in [1.165, 1.54) is 5.00 Å². The number of thiophene rings is 1. The fourth-order valence-corrected chi connectivity index (χ4v) is 3.92. The number of carbonyl (C=O) groups is 1. The number of rotatable bonds is 4. The minimum Gasteiger partial charge on any atom is -0.507 e. The van der Waals surface area contributed by atoms with Crippen molar-refractivity contribution in [1.82, 2.24) is 5.43 Å². The third-order valence-corrected chi connectivity index (χ3v) is 5.48. The van der Waals surface area contributed by atoms with Crippen LogP contribution in [0.5, 0.6) is 5.75 Å². The molecule has 0 spiro atoms. The third kappa shape index (κ3) is 3.94. The summed E-state index contributed by atoms with van der Waals surface area (Å²) in [6, 6.07) is 14.8. The van der Waals surface area contributed by atoms with Crippen molar-refractivity contribution >= 4 is 39.2 Å². The van der Waals surface area contributed by atoms with E-state index in [2.05, 4.69) is 15.4 Å². The molecule has 0 bridgehead atoms. The summed E-state index contributed by atoms with van der Waals surface area (Å²) >= 11 is 1.61. The Morgan fingerprint density at radius 2 is 1.89 bits per heavy atom. The second-order valence-electron chi connectivity index (χ2n) is 6.19. The summed E-state index contributed by atoms with van der Waals surface area (Å²) in [6.07, 6.45) is 1.62. The highest BCUT2D eigenvalue weighted by Crippen LogP contribution is 2.26. The molecular formula is C20H19N3O3S. The molecule has 1 saturated heterocycles. The molecule has 0 aliphatic carbocycles. The Morgan fingerprint density at radius 1 is 1.15 bits per heavy atom. The number of fused-ring (bicyclic) bond motifs is 1. The zero-order valence-corrected chi connectivity index (χ0v) is 15.4. The zero-order valence-electron chi connectivity index (χ0n) is 14.6. The van der Waals surface area contributed by atoms with Gasteiger partial charge in [0.1, 0.15) is 5.75 Å². The van der Waals surface area contributed by atoms with Crippen LogP contribution < -0.4 is 10.3 Å². The number of ether oxygens (including phenoxy) is 1. The third-order valence-electron chi connectivity index (χ3n) is 4.40. The molecule has 1 amide bonds. The van der Waals surface area contributed by atoms with Crippen molar-refractivity contribution in [3.05, 3.63) is 59.0 Å². The molecule has 4 rings (SSSR count). The van der Waals surface area contributed by atoms with E-state index in [1.54, 1.807) is 29.7 Å². The van der Waals surface area contributed by atoms with E-state index in [9.17, 15) is 9.90 Å². The van der Waals surface area contributed by atoms with Gasteiger partial charge in [-0.3, -0.25) is 4.79 Å². The lowest BCUT2D eigenvalue weighted by atomic mass is 10.1. The first-order valence-electron chi connectivity index (χ1n) is 8.68. The average molecular weight is 381 g/mol. The lowest BCUT2D eigenvalue weighted by Crippen LogP contribution is -2.35. The SMILES string of the molecule is O=C(N/N=C\c1ccc(N2CCOCC2)s1)c1cc2ccccc2cc1O. The Kier molecular flexibility index (Phi) is 5.04. The molecule has 0 unspecified atom stereocenters. The summed E-state index contributed by atoms with van der Waals surface area (Å²) in [5.41, 5.74) is 2.69. The van der Waals surface area contributed by atoms with Crippen LogP contribution in [0.4, 0.5) is 5.00 Å². The lowest BCUT2D eigenvalue weighted by molar-refractivity contribution is 0.0952. The van der Waals surface area contributed by atoms with Gasteiger partial charge in [-0.15, -0.1) is 11.3 Å². The average Bonchev–Trinajstić information content (AvgIpc) is 3.17. The van der Waals surface area contributed by atoms with Gasteiger partial charge in [0.2, 0.25) is 0 Å². The standard InChI is InChI=1S/C20H19N3O3S/c24-18-12-15-4-2-1-3-14(15)11-17(18)20(25)22-21-13-16-5-6-19(27-16)23-7-9-26-10-8-23/h1-6,11-13,24H,7-10H2,(H,22,25)/b21-13-. The summed E-state index contributed by atoms with van der Waals surface area (Å²) in [5.74, 6) is -0.508. The van der Waals surface area contributed by atoms with Crippen molar-refractivity contribution in [3.8, 4) is 5.75 Å². The second-order valence-corrected chi connectivity index (χ2v) is 7.28. The molecule has 2 aromatic carbocycles. The van der Waals surface area contributed by atoms with Crippen molar-refractivity contribution < 1.29 is 14.6 Å². The van der Waals surface area contributed by atoms with Gasteiger partial charge in [-0.1, -0.05) is 24.3 Å². The first-order chi connectivity index (χ1) is 13.2. The normalized spacial score (nSPS) is 14.7. The van der Waals surface area contributed by atoms with Crippen molar-refractivity contribution in [2.24, 2.45) is 5.10 Å². The fourth-order valence-electron chi connectivity index (χ4n) is 2.99. The number of nitrogens with zero attached hydrogens (tertiary/aromatic N) is 2. The maximum Gasteiger partial charge on any atom is 0.275 e. The molecule has 138 valence electrons. The largest absolute Gasteiger partial charge is 0.507 e. The maximum absolute atomic E-state index is 12.3. The fraction of sp³-hybridized carbons (Fsp3) is 0.200. The second kappa shape index (κ2) is 7.77. The van der Waals surface area contributed by atoms with E-state index in [4.69, 9.17) is 4.74 Å². The molecule has 7 heteroatoms. The summed E-state index contributed by atoms with van der Waals surface area (Å²) in [4.78, 5) is 15.6. The quantitative estimate of drug-likeness (QED) is 0.538. The number of carbonyl (C=O) groups excluding carboxylic acids is 1. The van der Waals surface area contributed by atoms with E-state index < -0.39 is 5.91 Å². The molecule has 1 aliphatic rings. The zero-order chi connectivity index (χ0) is 18.6. The van der Waals surface area contributed by atoms with Gasteiger partial charge >= 0.3 is 0 Å². The molecule has 2 N–H and O–H groups in total. The van der Waals surface area contributed by atoms with Gasteiger partial charge in [0.05, 0.1) is 30.0 Å². The van der Waals surface area contributed by atoms with Crippen molar-refractivity contribution in [2.75, 3.05) is 31.2 Å². The Labute approximate surface area is 160 Å². The predicted molar refractivity (Wildman–Crippen MR) is 108 cm³/mol. The van der Waals surface area contributed by atoms with Gasteiger partial charge in [-0.05, 0) is 35.0 Å². The molecular weight excluding hydrogens is 362 g/mol. The van der Waals surface area contributed by atoms with Crippen molar-refractivity contribution in [2.45, 2.75) is 0 Å². The number of phenolic OH excluding ortho intramolecular Hbond substituents is 1. The highest BCUT2D eigenvalue weighted by molar-refractivity contribution is 7.17. The molecule has 1 fully saturated rings. The van der Waals surface area contributed by atoms with E-state index in [-0.39, 0.29) is 11.3 Å². The maximum atomic E-state index is 12.3.